The number of benzene rings is 3. The number of nitrogens with one attached hydrogen (secondary N) is 4. The summed E-state index contributed by atoms with van der Waals surface area (Å²) in [6, 6.07) is 19.7. The Morgan fingerprint density at radius 3 is 2.08 bits per heavy atom. The molecule has 0 unspecified atom stereocenters. The lowest BCUT2D eigenvalue weighted by Gasteiger charge is -2.21. The average Bonchev–Trinajstić information content (AvgIpc) is 2.90. The van der Waals surface area contributed by atoms with E-state index in [1.165, 1.54) is 7.11 Å². The van der Waals surface area contributed by atoms with Gasteiger partial charge in [-0.2, -0.15) is 0 Å². The molecule has 3 aromatic carbocycles. The standard InChI is InChI=1S/C30H34N4O5/c1-19(2)17-26(28(36)33-25-12-8-6-10-23(25)29(37)39-4)32-27(35)18-21-13-15-22(16-14-21)31-30(38)34-24-11-7-5-9-20(24)3/h5-16,19,26H,17-18H2,1-4H3,(H,32,35)(H,33,36)(H2,31,34,38)/t26-/m0/s1. The van der Waals surface area contributed by atoms with Crippen molar-refractivity contribution in [2.24, 2.45) is 5.92 Å². The Morgan fingerprint density at radius 2 is 1.44 bits per heavy atom. The van der Waals surface area contributed by atoms with Crippen molar-refractivity contribution in [1.82, 2.24) is 5.32 Å². The molecule has 39 heavy (non-hydrogen) atoms. The van der Waals surface area contributed by atoms with Gasteiger partial charge in [0.05, 0.1) is 24.8 Å². The predicted molar refractivity (Wildman–Crippen MR) is 152 cm³/mol. The summed E-state index contributed by atoms with van der Waals surface area (Å²) in [6.45, 7) is 5.82. The number of esters is 1. The van der Waals surface area contributed by atoms with Crippen LogP contribution in [0.2, 0.25) is 0 Å². The molecule has 0 aromatic heterocycles. The number of aryl methyl sites for hydroxylation is 1. The van der Waals surface area contributed by atoms with E-state index in [1.54, 1.807) is 48.5 Å². The molecule has 4 N–H and O–H groups in total. The van der Waals surface area contributed by atoms with Gasteiger partial charge in [0.25, 0.3) is 0 Å². The number of rotatable bonds is 10. The van der Waals surface area contributed by atoms with Gasteiger partial charge in [-0.05, 0) is 60.7 Å². The van der Waals surface area contributed by atoms with Gasteiger partial charge in [-0.1, -0.05) is 56.3 Å². The number of hydrogen-bond acceptors (Lipinski definition) is 5. The smallest absolute Gasteiger partial charge is 0.339 e. The van der Waals surface area contributed by atoms with Gasteiger partial charge in [0.1, 0.15) is 6.04 Å². The van der Waals surface area contributed by atoms with Crippen LogP contribution in [0.25, 0.3) is 0 Å². The fraction of sp³-hybridized carbons (Fsp3) is 0.267. The maximum Gasteiger partial charge on any atom is 0.339 e. The van der Waals surface area contributed by atoms with Gasteiger partial charge in [-0.15, -0.1) is 0 Å². The molecule has 0 radical (unpaired) electrons. The van der Waals surface area contributed by atoms with Gasteiger partial charge >= 0.3 is 12.0 Å². The quantitative estimate of drug-likeness (QED) is 0.270. The van der Waals surface area contributed by atoms with E-state index in [2.05, 4.69) is 21.3 Å². The van der Waals surface area contributed by atoms with E-state index in [4.69, 9.17) is 4.74 Å². The van der Waals surface area contributed by atoms with Crippen LogP contribution in [0.15, 0.2) is 72.8 Å². The Kier molecular flexibility index (Phi) is 10.2. The summed E-state index contributed by atoms with van der Waals surface area (Å²) in [5.41, 5.74) is 3.50. The van der Waals surface area contributed by atoms with E-state index in [-0.39, 0.29) is 29.8 Å². The Balaban J connectivity index is 1.59. The van der Waals surface area contributed by atoms with Gasteiger partial charge < -0.3 is 26.0 Å². The van der Waals surface area contributed by atoms with Crippen molar-refractivity contribution in [2.75, 3.05) is 23.1 Å². The zero-order valence-corrected chi connectivity index (χ0v) is 22.5. The third kappa shape index (κ3) is 8.70. The molecule has 9 heteroatoms. The molecule has 1 atom stereocenters. The van der Waals surface area contributed by atoms with Crippen molar-refractivity contribution >= 4 is 40.9 Å². The number of methoxy groups -OCH3 is 1. The second kappa shape index (κ2) is 13.8. The van der Waals surface area contributed by atoms with Gasteiger partial charge in [0.2, 0.25) is 11.8 Å². The summed E-state index contributed by atoms with van der Waals surface area (Å²) >= 11 is 0. The molecule has 0 spiro atoms. The van der Waals surface area contributed by atoms with E-state index in [0.29, 0.717) is 17.8 Å². The van der Waals surface area contributed by atoms with Crippen LogP contribution in [0.3, 0.4) is 0 Å². The first-order valence-electron chi connectivity index (χ1n) is 12.7. The minimum absolute atomic E-state index is 0.0519. The Labute approximate surface area is 228 Å². The Bertz CT molecular complexity index is 1320. The minimum atomic E-state index is -0.797. The third-order valence-electron chi connectivity index (χ3n) is 5.92. The van der Waals surface area contributed by atoms with Gasteiger partial charge in [-0.25, -0.2) is 9.59 Å². The molecule has 0 aliphatic carbocycles. The largest absolute Gasteiger partial charge is 0.465 e. The highest BCUT2D eigenvalue weighted by Gasteiger charge is 2.24. The zero-order chi connectivity index (χ0) is 28.4. The van der Waals surface area contributed by atoms with E-state index in [9.17, 15) is 19.2 Å². The van der Waals surface area contributed by atoms with Crippen molar-refractivity contribution in [1.29, 1.82) is 0 Å². The Hall–Kier alpha value is -4.66. The number of amides is 4. The molecule has 0 saturated heterocycles. The lowest BCUT2D eigenvalue weighted by Crippen LogP contribution is -2.45. The van der Waals surface area contributed by atoms with Gasteiger partial charge in [0.15, 0.2) is 0 Å². The Morgan fingerprint density at radius 1 is 0.795 bits per heavy atom. The molecule has 0 aliphatic heterocycles. The SMILES string of the molecule is COC(=O)c1ccccc1NC(=O)[C@H](CC(C)C)NC(=O)Cc1ccc(NC(=O)Nc2ccccc2C)cc1. The molecular weight excluding hydrogens is 496 g/mol. The van der Waals surface area contributed by atoms with Gasteiger partial charge in [0, 0.05) is 11.4 Å². The van der Waals surface area contributed by atoms with Crippen molar-refractivity contribution in [3.05, 3.63) is 89.5 Å². The van der Waals surface area contributed by atoms with E-state index < -0.39 is 17.9 Å². The molecule has 204 valence electrons. The van der Waals surface area contributed by atoms with Crippen LogP contribution in [0.1, 0.15) is 41.8 Å². The van der Waals surface area contributed by atoms with Crippen LogP contribution >= 0.6 is 0 Å². The number of anilines is 3. The summed E-state index contributed by atoms with van der Waals surface area (Å²) < 4.78 is 4.79. The number of carbonyl (C=O) groups excluding carboxylic acids is 4. The number of urea groups is 1. The van der Waals surface area contributed by atoms with Crippen LogP contribution in [-0.2, 0) is 20.7 Å². The van der Waals surface area contributed by atoms with Gasteiger partial charge in [-0.3, -0.25) is 9.59 Å². The summed E-state index contributed by atoms with van der Waals surface area (Å²) in [6.07, 6.45) is 0.465. The highest BCUT2D eigenvalue weighted by atomic mass is 16.5. The van der Waals surface area contributed by atoms with E-state index in [1.807, 2.05) is 45.0 Å². The third-order valence-corrected chi connectivity index (χ3v) is 5.92. The van der Waals surface area contributed by atoms with Crippen LogP contribution < -0.4 is 21.3 Å². The summed E-state index contributed by atoms with van der Waals surface area (Å²) in [7, 11) is 1.27. The molecule has 3 rings (SSSR count). The predicted octanol–water partition coefficient (Wildman–Crippen LogP) is 5.14. The fourth-order valence-electron chi connectivity index (χ4n) is 3.94. The average molecular weight is 531 g/mol. The summed E-state index contributed by atoms with van der Waals surface area (Å²) in [5.74, 6) is -1.18. The fourth-order valence-corrected chi connectivity index (χ4v) is 3.94. The molecule has 0 heterocycles. The summed E-state index contributed by atoms with van der Waals surface area (Å²) in [4.78, 5) is 50.3. The van der Waals surface area contributed by atoms with Crippen molar-refractivity contribution in [2.45, 2.75) is 39.7 Å². The van der Waals surface area contributed by atoms with Crippen LogP contribution in [0.5, 0.6) is 0 Å². The normalized spacial score (nSPS) is 11.3. The number of hydrogen-bond donors (Lipinski definition) is 4. The first-order chi connectivity index (χ1) is 18.7. The second-order valence-corrected chi connectivity index (χ2v) is 9.54. The van der Waals surface area contributed by atoms with Crippen molar-refractivity contribution in [3.63, 3.8) is 0 Å². The van der Waals surface area contributed by atoms with Crippen LogP contribution in [0, 0.1) is 12.8 Å². The maximum atomic E-state index is 13.1. The highest BCUT2D eigenvalue weighted by Crippen LogP contribution is 2.18. The highest BCUT2D eigenvalue weighted by molar-refractivity contribution is 6.03. The lowest BCUT2D eigenvalue weighted by molar-refractivity contribution is -0.126. The van der Waals surface area contributed by atoms with Crippen molar-refractivity contribution in [3.8, 4) is 0 Å². The van der Waals surface area contributed by atoms with E-state index in [0.717, 1.165) is 16.8 Å². The first-order valence-corrected chi connectivity index (χ1v) is 12.7. The first kappa shape index (κ1) is 28.9. The topological polar surface area (TPSA) is 126 Å². The number of para-hydroxylation sites is 2. The monoisotopic (exact) mass is 530 g/mol. The maximum absolute atomic E-state index is 13.1. The lowest BCUT2D eigenvalue weighted by atomic mass is 10.0. The minimum Gasteiger partial charge on any atom is -0.465 e. The van der Waals surface area contributed by atoms with Crippen LogP contribution in [-0.4, -0.2) is 37.0 Å². The molecular formula is C30H34N4O5. The zero-order valence-electron chi connectivity index (χ0n) is 22.5. The molecule has 0 saturated carbocycles. The molecule has 3 aromatic rings. The van der Waals surface area contributed by atoms with Crippen LogP contribution in [0.4, 0.5) is 21.9 Å². The summed E-state index contributed by atoms with van der Waals surface area (Å²) in [5, 5.41) is 11.1. The number of ether oxygens (including phenoxy) is 1. The molecule has 0 bridgehead atoms. The molecule has 4 amide bonds. The van der Waals surface area contributed by atoms with Crippen molar-refractivity contribution < 1.29 is 23.9 Å². The number of carbonyl (C=O) groups is 4. The molecule has 9 nitrogen and oxygen atoms in total. The molecule has 0 aliphatic rings. The van der Waals surface area contributed by atoms with E-state index >= 15 is 0 Å². The second-order valence-electron chi connectivity index (χ2n) is 9.54. The molecule has 0 fully saturated rings.